The Bertz CT molecular complexity index is 512. The summed E-state index contributed by atoms with van der Waals surface area (Å²) in [6.07, 6.45) is 3.57. The van der Waals surface area contributed by atoms with Crippen LogP contribution in [-0.2, 0) is 23.1 Å². The van der Waals surface area contributed by atoms with Crippen LogP contribution in [0.1, 0.15) is 46.2 Å². The molecule has 21 heavy (non-hydrogen) atoms. The zero-order valence-electron chi connectivity index (χ0n) is 13.9. The molecule has 0 aliphatic heterocycles. The van der Waals surface area contributed by atoms with Crippen LogP contribution in [0.15, 0.2) is 17.2 Å². The van der Waals surface area contributed by atoms with E-state index >= 15 is 0 Å². The zero-order chi connectivity index (χ0) is 16.0. The summed E-state index contributed by atoms with van der Waals surface area (Å²) >= 11 is 0. The molecule has 1 aromatic heterocycles. The summed E-state index contributed by atoms with van der Waals surface area (Å²) in [7, 11) is -1.55. The predicted molar refractivity (Wildman–Crippen MR) is 86.8 cm³/mol. The number of sulfonamides is 1. The lowest BCUT2D eigenvalue weighted by Crippen LogP contribution is -2.37. The van der Waals surface area contributed by atoms with E-state index in [1.807, 2.05) is 32.4 Å². The molecule has 5 nitrogen and oxygen atoms in total. The maximum Gasteiger partial charge on any atom is 0.244 e. The topological polar surface area (TPSA) is 54.3 Å². The number of rotatable bonds is 9. The molecule has 0 spiro atoms. The highest BCUT2D eigenvalue weighted by molar-refractivity contribution is 7.89. The molecule has 1 rings (SSSR count). The van der Waals surface area contributed by atoms with E-state index < -0.39 is 10.0 Å². The van der Waals surface area contributed by atoms with Gasteiger partial charge < -0.3 is 9.88 Å². The van der Waals surface area contributed by atoms with Crippen molar-refractivity contribution in [2.75, 3.05) is 13.6 Å². The number of aromatic nitrogens is 1. The van der Waals surface area contributed by atoms with Gasteiger partial charge in [0.05, 0.1) is 0 Å². The Morgan fingerprint density at radius 3 is 2.43 bits per heavy atom. The number of aryl methyl sites for hydroxylation is 1. The highest BCUT2D eigenvalue weighted by Gasteiger charge is 2.27. The third-order valence-corrected chi connectivity index (χ3v) is 5.45. The van der Waals surface area contributed by atoms with E-state index in [0.29, 0.717) is 18.0 Å². The molecular formula is C15H29N3O2S. The minimum Gasteiger partial charge on any atom is -0.349 e. The molecule has 0 aromatic carbocycles. The number of hydrogen-bond acceptors (Lipinski definition) is 3. The van der Waals surface area contributed by atoms with Gasteiger partial charge in [-0.05, 0) is 39.8 Å². The van der Waals surface area contributed by atoms with Crippen LogP contribution >= 0.6 is 0 Å². The first-order valence-electron chi connectivity index (χ1n) is 7.73. The van der Waals surface area contributed by atoms with Crippen LogP contribution in [-0.4, -0.2) is 36.9 Å². The average molecular weight is 315 g/mol. The Balaban J connectivity index is 3.20. The van der Waals surface area contributed by atoms with Gasteiger partial charge in [-0.15, -0.1) is 0 Å². The van der Waals surface area contributed by atoms with Crippen LogP contribution in [0.25, 0.3) is 0 Å². The standard InChI is InChI=1S/C15H29N3O2S/c1-6-8-17-12-15(10-14(17)11-16-5)21(19,20)18(9-7-2)13(3)4/h10,12-13,16H,6-9,11H2,1-5H3. The van der Waals surface area contributed by atoms with Crippen molar-refractivity contribution in [2.24, 2.45) is 0 Å². The Morgan fingerprint density at radius 1 is 1.29 bits per heavy atom. The first-order chi connectivity index (χ1) is 9.88. The van der Waals surface area contributed by atoms with Crippen LogP contribution in [0, 0.1) is 0 Å². The van der Waals surface area contributed by atoms with Gasteiger partial charge in [-0.25, -0.2) is 8.42 Å². The largest absolute Gasteiger partial charge is 0.349 e. The third kappa shape index (κ3) is 4.31. The van der Waals surface area contributed by atoms with Crippen molar-refractivity contribution in [3.05, 3.63) is 18.0 Å². The van der Waals surface area contributed by atoms with Gasteiger partial charge in [-0.2, -0.15) is 4.31 Å². The van der Waals surface area contributed by atoms with Crippen LogP contribution in [0.4, 0.5) is 0 Å². The molecule has 122 valence electrons. The molecule has 0 amide bonds. The predicted octanol–water partition coefficient (Wildman–Crippen LogP) is 2.43. The molecule has 1 aromatic rings. The lowest BCUT2D eigenvalue weighted by Gasteiger charge is -2.24. The molecule has 0 unspecified atom stereocenters. The fraction of sp³-hybridized carbons (Fsp3) is 0.733. The van der Waals surface area contributed by atoms with E-state index in [4.69, 9.17) is 0 Å². The van der Waals surface area contributed by atoms with Crippen molar-refractivity contribution in [2.45, 2.75) is 64.6 Å². The second kappa shape index (κ2) is 7.96. The lowest BCUT2D eigenvalue weighted by atomic mass is 10.4. The summed E-state index contributed by atoms with van der Waals surface area (Å²) in [6, 6.07) is 1.77. The zero-order valence-corrected chi connectivity index (χ0v) is 14.7. The molecule has 1 N–H and O–H groups in total. The second-order valence-corrected chi connectivity index (χ2v) is 7.49. The van der Waals surface area contributed by atoms with Crippen molar-refractivity contribution in [3.63, 3.8) is 0 Å². The highest BCUT2D eigenvalue weighted by atomic mass is 32.2. The van der Waals surface area contributed by atoms with E-state index in [1.54, 1.807) is 16.6 Å². The van der Waals surface area contributed by atoms with Crippen molar-refractivity contribution in [3.8, 4) is 0 Å². The summed E-state index contributed by atoms with van der Waals surface area (Å²) in [5.41, 5.74) is 1.01. The van der Waals surface area contributed by atoms with Crippen LogP contribution in [0.2, 0.25) is 0 Å². The van der Waals surface area contributed by atoms with Crippen molar-refractivity contribution >= 4 is 10.0 Å². The summed E-state index contributed by atoms with van der Waals surface area (Å²) in [5, 5.41) is 3.10. The fourth-order valence-electron chi connectivity index (χ4n) is 2.46. The summed E-state index contributed by atoms with van der Waals surface area (Å²) in [6.45, 7) is 10.00. The van der Waals surface area contributed by atoms with E-state index in [1.165, 1.54) is 0 Å². The molecule has 0 fully saturated rings. The molecule has 0 saturated heterocycles. The molecule has 0 radical (unpaired) electrons. The van der Waals surface area contributed by atoms with Crippen LogP contribution < -0.4 is 5.32 Å². The van der Waals surface area contributed by atoms with Gasteiger partial charge in [0.25, 0.3) is 0 Å². The third-order valence-electron chi connectivity index (χ3n) is 3.41. The summed E-state index contributed by atoms with van der Waals surface area (Å²) in [4.78, 5) is 0.406. The van der Waals surface area contributed by atoms with E-state index in [-0.39, 0.29) is 6.04 Å². The van der Waals surface area contributed by atoms with Crippen LogP contribution in [0.3, 0.4) is 0 Å². The first kappa shape index (κ1) is 18.2. The van der Waals surface area contributed by atoms with E-state index in [2.05, 4.69) is 12.2 Å². The fourth-order valence-corrected chi connectivity index (χ4v) is 4.25. The normalized spacial score (nSPS) is 12.5. The van der Waals surface area contributed by atoms with Gasteiger partial charge in [0, 0.05) is 37.6 Å². The molecule has 0 atom stereocenters. The molecule has 0 aliphatic carbocycles. The number of nitrogens with zero attached hydrogens (tertiary/aromatic N) is 2. The minimum atomic E-state index is -3.42. The quantitative estimate of drug-likeness (QED) is 0.761. The highest BCUT2D eigenvalue weighted by Crippen LogP contribution is 2.21. The van der Waals surface area contributed by atoms with Gasteiger partial charge >= 0.3 is 0 Å². The Kier molecular flexibility index (Phi) is 6.90. The number of nitrogens with one attached hydrogen (secondary N) is 1. The molecule has 0 aliphatic rings. The summed E-state index contributed by atoms with van der Waals surface area (Å²) in [5.74, 6) is 0. The van der Waals surface area contributed by atoms with E-state index in [0.717, 1.165) is 25.1 Å². The van der Waals surface area contributed by atoms with Gasteiger partial charge in [0.15, 0.2) is 0 Å². The molecule has 0 saturated carbocycles. The van der Waals surface area contributed by atoms with Gasteiger partial charge in [-0.3, -0.25) is 0 Å². The monoisotopic (exact) mass is 315 g/mol. The number of hydrogen-bond donors (Lipinski definition) is 1. The van der Waals surface area contributed by atoms with Crippen molar-refractivity contribution in [1.82, 2.24) is 14.2 Å². The first-order valence-corrected chi connectivity index (χ1v) is 9.17. The van der Waals surface area contributed by atoms with Gasteiger partial charge in [0.2, 0.25) is 10.0 Å². The Labute approximate surface area is 129 Å². The minimum absolute atomic E-state index is 0.0303. The van der Waals surface area contributed by atoms with Gasteiger partial charge in [0.1, 0.15) is 4.90 Å². The SMILES string of the molecule is CCCN(C(C)C)S(=O)(=O)c1cc(CNC)n(CCC)c1. The maximum atomic E-state index is 12.8. The second-order valence-electron chi connectivity index (χ2n) is 5.60. The molecule has 1 heterocycles. The van der Waals surface area contributed by atoms with Crippen LogP contribution in [0.5, 0.6) is 0 Å². The molecular weight excluding hydrogens is 286 g/mol. The average Bonchev–Trinajstić information content (AvgIpc) is 2.80. The molecule has 6 heteroatoms. The lowest BCUT2D eigenvalue weighted by molar-refractivity contribution is 0.354. The molecule has 0 bridgehead atoms. The maximum absolute atomic E-state index is 12.8. The smallest absolute Gasteiger partial charge is 0.244 e. The Hall–Kier alpha value is -0.850. The summed E-state index contributed by atoms with van der Waals surface area (Å²) < 4.78 is 29.3. The van der Waals surface area contributed by atoms with Gasteiger partial charge in [-0.1, -0.05) is 13.8 Å². The van der Waals surface area contributed by atoms with Crippen molar-refractivity contribution < 1.29 is 8.42 Å². The van der Waals surface area contributed by atoms with Crippen molar-refractivity contribution in [1.29, 1.82) is 0 Å². The van der Waals surface area contributed by atoms with E-state index in [9.17, 15) is 8.42 Å². The Morgan fingerprint density at radius 2 is 1.95 bits per heavy atom.